The van der Waals surface area contributed by atoms with Gasteiger partial charge in [0, 0.05) is 30.8 Å². The van der Waals surface area contributed by atoms with E-state index in [2.05, 4.69) is 10.4 Å². The molecule has 0 atom stereocenters. The number of carbonyl (C=O) groups excluding carboxylic acids is 2. The summed E-state index contributed by atoms with van der Waals surface area (Å²) in [6.45, 7) is 1.03. The van der Waals surface area contributed by atoms with E-state index in [-0.39, 0.29) is 17.7 Å². The number of benzene rings is 2. The molecule has 0 aliphatic carbocycles. The van der Waals surface area contributed by atoms with Crippen molar-refractivity contribution in [2.45, 2.75) is 12.8 Å². The van der Waals surface area contributed by atoms with Gasteiger partial charge in [-0.15, -0.1) is 0 Å². The number of piperidine rings is 1. The van der Waals surface area contributed by atoms with Gasteiger partial charge in [0.2, 0.25) is 5.91 Å². The minimum atomic E-state index is -0.119. The Hall–Kier alpha value is -4.13. The number of hydrogen-bond acceptors (Lipinski definition) is 4. The molecule has 0 saturated carbocycles. The fourth-order valence-electron chi connectivity index (χ4n) is 4.12. The van der Waals surface area contributed by atoms with E-state index in [0.717, 1.165) is 11.4 Å². The average Bonchev–Trinajstić information content (AvgIpc) is 3.55. The lowest BCUT2D eigenvalue weighted by Crippen LogP contribution is -2.42. The Morgan fingerprint density at radius 3 is 2.27 bits per heavy atom. The van der Waals surface area contributed by atoms with Crippen molar-refractivity contribution in [3.8, 4) is 17.1 Å². The molecule has 2 aromatic heterocycles. The van der Waals surface area contributed by atoms with Crippen LogP contribution < -0.4 is 5.32 Å². The van der Waals surface area contributed by atoms with Crippen molar-refractivity contribution in [2.24, 2.45) is 5.92 Å². The van der Waals surface area contributed by atoms with E-state index in [1.807, 2.05) is 66.7 Å². The van der Waals surface area contributed by atoms with Crippen LogP contribution in [-0.4, -0.2) is 39.6 Å². The molecule has 2 aromatic carbocycles. The van der Waals surface area contributed by atoms with Crippen LogP contribution in [-0.2, 0) is 4.79 Å². The zero-order valence-electron chi connectivity index (χ0n) is 18.1. The first-order valence-electron chi connectivity index (χ1n) is 11.0. The zero-order valence-corrected chi connectivity index (χ0v) is 18.1. The van der Waals surface area contributed by atoms with Crippen molar-refractivity contribution in [2.75, 3.05) is 18.4 Å². The number of nitrogens with one attached hydrogen (secondary N) is 1. The van der Waals surface area contributed by atoms with Gasteiger partial charge in [-0.3, -0.25) is 9.59 Å². The Kier molecular flexibility index (Phi) is 5.76. The Bertz CT molecular complexity index is 1230. The molecule has 0 bridgehead atoms. The molecule has 7 heteroatoms. The molecule has 1 aliphatic rings. The van der Waals surface area contributed by atoms with Crippen LogP contribution >= 0.6 is 0 Å². The van der Waals surface area contributed by atoms with Gasteiger partial charge in [-0.1, -0.05) is 36.4 Å². The van der Waals surface area contributed by atoms with E-state index in [9.17, 15) is 9.59 Å². The van der Waals surface area contributed by atoms with Gasteiger partial charge >= 0.3 is 0 Å². The normalized spacial score (nSPS) is 14.2. The van der Waals surface area contributed by atoms with E-state index in [1.54, 1.807) is 28.0 Å². The molecule has 1 saturated heterocycles. The lowest BCUT2D eigenvalue weighted by molar-refractivity contribution is -0.121. The quantitative estimate of drug-likeness (QED) is 0.491. The van der Waals surface area contributed by atoms with Gasteiger partial charge in [0.1, 0.15) is 11.4 Å². The standard InChI is InChI=1S/C26H24N4O3/c31-25(27-20-8-3-1-4-9-20)19-13-15-29(16-14-19)26(32)23-18-22(24-12-7-17-33-24)28-30(23)21-10-5-2-6-11-21/h1-12,17-19H,13-16H2,(H,27,31). The SMILES string of the molecule is O=C(Nc1ccccc1)C1CCN(C(=O)c2cc(-c3ccco3)nn2-c2ccccc2)CC1. The van der Waals surface area contributed by atoms with Gasteiger partial charge in [0.05, 0.1) is 12.0 Å². The molecule has 1 N–H and O–H groups in total. The number of para-hydroxylation sites is 2. The Labute approximate surface area is 191 Å². The van der Waals surface area contributed by atoms with Crippen LogP contribution in [0, 0.1) is 5.92 Å². The van der Waals surface area contributed by atoms with Crippen LogP contribution in [0.15, 0.2) is 89.5 Å². The fourth-order valence-corrected chi connectivity index (χ4v) is 4.12. The number of furan rings is 1. The zero-order chi connectivity index (χ0) is 22.6. The number of rotatable bonds is 5. The molecule has 7 nitrogen and oxygen atoms in total. The maximum Gasteiger partial charge on any atom is 0.272 e. The third-order valence-electron chi connectivity index (χ3n) is 5.90. The predicted molar refractivity (Wildman–Crippen MR) is 125 cm³/mol. The number of anilines is 1. The largest absolute Gasteiger partial charge is 0.463 e. The lowest BCUT2D eigenvalue weighted by atomic mass is 9.95. The molecule has 1 fully saturated rings. The van der Waals surface area contributed by atoms with Crippen molar-refractivity contribution < 1.29 is 14.0 Å². The summed E-state index contributed by atoms with van der Waals surface area (Å²) in [6.07, 6.45) is 2.83. The molecular weight excluding hydrogens is 416 g/mol. The van der Waals surface area contributed by atoms with Gasteiger partial charge in [-0.25, -0.2) is 4.68 Å². The fraction of sp³-hybridized carbons (Fsp3) is 0.192. The summed E-state index contributed by atoms with van der Waals surface area (Å²) < 4.78 is 7.15. The number of hydrogen-bond donors (Lipinski definition) is 1. The third kappa shape index (κ3) is 4.43. The van der Waals surface area contributed by atoms with Crippen LogP contribution in [0.4, 0.5) is 5.69 Å². The summed E-state index contributed by atoms with van der Waals surface area (Å²) in [7, 11) is 0. The summed E-state index contributed by atoms with van der Waals surface area (Å²) in [5.41, 5.74) is 2.66. The van der Waals surface area contributed by atoms with Gasteiger partial charge in [0.15, 0.2) is 5.76 Å². The molecular formula is C26H24N4O3. The van der Waals surface area contributed by atoms with E-state index in [0.29, 0.717) is 43.1 Å². The number of aromatic nitrogens is 2. The smallest absolute Gasteiger partial charge is 0.272 e. The van der Waals surface area contributed by atoms with Gasteiger partial charge in [0.25, 0.3) is 5.91 Å². The second-order valence-corrected chi connectivity index (χ2v) is 8.06. The Morgan fingerprint density at radius 1 is 0.909 bits per heavy atom. The highest BCUT2D eigenvalue weighted by Crippen LogP contribution is 2.25. The minimum absolute atomic E-state index is 0.00253. The average molecular weight is 441 g/mol. The molecule has 1 aliphatic heterocycles. The van der Waals surface area contributed by atoms with E-state index in [1.165, 1.54) is 0 Å². The summed E-state index contributed by atoms with van der Waals surface area (Å²) in [4.78, 5) is 27.9. The summed E-state index contributed by atoms with van der Waals surface area (Å²) in [6, 6.07) is 24.4. The van der Waals surface area contributed by atoms with Crippen molar-refractivity contribution in [3.63, 3.8) is 0 Å². The van der Waals surface area contributed by atoms with Crippen molar-refractivity contribution in [3.05, 3.63) is 90.8 Å². The first kappa shape index (κ1) is 20.8. The van der Waals surface area contributed by atoms with Crippen molar-refractivity contribution in [1.82, 2.24) is 14.7 Å². The molecule has 4 aromatic rings. The van der Waals surface area contributed by atoms with E-state index < -0.39 is 0 Å². The minimum Gasteiger partial charge on any atom is -0.463 e. The van der Waals surface area contributed by atoms with Gasteiger partial charge in [-0.05, 0) is 49.2 Å². The van der Waals surface area contributed by atoms with Crippen LogP contribution in [0.5, 0.6) is 0 Å². The van der Waals surface area contributed by atoms with E-state index >= 15 is 0 Å². The molecule has 33 heavy (non-hydrogen) atoms. The highest BCUT2D eigenvalue weighted by Gasteiger charge is 2.30. The van der Waals surface area contributed by atoms with Crippen LogP contribution in [0.2, 0.25) is 0 Å². The second kappa shape index (κ2) is 9.16. The molecule has 5 rings (SSSR count). The van der Waals surface area contributed by atoms with Crippen LogP contribution in [0.25, 0.3) is 17.1 Å². The van der Waals surface area contributed by atoms with Gasteiger partial charge in [-0.2, -0.15) is 5.10 Å². The number of amides is 2. The molecule has 0 unspecified atom stereocenters. The highest BCUT2D eigenvalue weighted by atomic mass is 16.3. The Balaban J connectivity index is 1.32. The predicted octanol–water partition coefficient (Wildman–Crippen LogP) is 4.62. The second-order valence-electron chi connectivity index (χ2n) is 8.06. The summed E-state index contributed by atoms with van der Waals surface area (Å²) in [5, 5.41) is 7.61. The molecule has 166 valence electrons. The lowest BCUT2D eigenvalue weighted by Gasteiger charge is -2.31. The summed E-state index contributed by atoms with van der Waals surface area (Å²) >= 11 is 0. The van der Waals surface area contributed by atoms with Gasteiger partial charge < -0.3 is 14.6 Å². The monoisotopic (exact) mass is 440 g/mol. The van der Waals surface area contributed by atoms with Crippen LogP contribution in [0.3, 0.4) is 0 Å². The van der Waals surface area contributed by atoms with Crippen LogP contribution in [0.1, 0.15) is 23.3 Å². The first-order valence-corrected chi connectivity index (χ1v) is 11.0. The third-order valence-corrected chi connectivity index (χ3v) is 5.90. The topological polar surface area (TPSA) is 80.4 Å². The maximum absolute atomic E-state index is 13.5. The molecule has 2 amide bonds. The summed E-state index contributed by atoms with van der Waals surface area (Å²) in [5.74, 6) is 0.385. The Morgan fingerprint density at radius 2 is 1.61 bits per heavy atom. The molecule has 0 radical (unpaired) electrons. The van der Waals surface area contributed by atoms with Crippen molar-refractivity contribution >= 4 is 17.5 Å². The molecule has 3 heterocycles. The maximum atomic E-state index is 13.5. The number of carbonyl (C=O) groups is 2. The number of likely N-dealkylation sites (tertiary alicyclic amines) is 1. The first-order chi connectivity index (χ1) is 16.2. The molecule has 0 spiro atoms. The van der Waals surface area contributed by atoms with Crippen molar-refractivity contribution in [1.29, 1.82) is 0 Å². The number of nitrogens with zero attached hydrogens (tertiary/aromatic N) is 3. The highest BCUT2D eigenvalue weighted by molar-refractivity contribution is 5.95. The van der Waals surface area contributed by atoms with E-state index in [4.69, 9.17) is 4.42 Å².